The molecule has 1 N–H and O–H groups in total. The summed E-state index contributed by atoms with van der Waals surface area (Å²) in [5, 5.41) is 2.95. The molecule has 33 heavy (non-hydrogen) atoms. The molecule has 2 amide bonds. The van der Waals surface area contributed by atoms with E-state index in [1.165, 1.54) is 0 Å². The number of nitrogens with one attached hydrogen (secondary N) is 1. The molecular weight excluding hydrogens is 414 g/mol. The number of likely N-dealkylation sites (tertiary alicyclic amines) is 1. The zero-order chi connectivity index (χ0) is 22.6. The van der Waals surface area contributed by atoms with Crippen molar-refractivity contribution in [2.75, 3.05) is 19.6 Å². The Morgan fingerprint density at radius 2 is 1.82 bits per heavy atom. The SMILES string of the molecule is O=C(NCCCN1CCCC1=O)c1ccc(-n2c(-c3ccccc3)nc3cccnc32)cc1. The summed E-state index contributed by atoms with van der Waals surface area (Å²) in [5.41, 5.74) is 4.06. The van der Waals surface area contributed by atoms with Gasteiger partial charge in [0.25, 0.3) is 5.91 Å². The summed E-state index contributed by atoms with van der Waals surface area (Å²) in [5.74, 6) is 0.900. The van der Waals surface area contributed by atoms with Crippen LogP contribution in [0.3, 0.4) is 0 Å². The van der Waals surface area contributed by atoms with Crippen molar-refractivity contribution in [2.24, 2.45) is 0 Å². The number of benzene rings is 2. The second kappa shape index (κ2) is 9.24. The third kappa shape index (κ3) is 4.35. The smallest absolute Gasteiger partial charge is 0.251 e. The molecule has 4 aromatic rings. The molecule has 0 saturated carbocycles. The Kier molecular flexibility index (Phi) is 5.85. The van der Waals surface area contributed by atoms with Crippen LogP contribution in [0, 0.1) is 0 Å². The summed E-state index contributed by atoms with van der Waals surface area (Å²) in [6, 6.07) is 21.3. The van der Waals surface area contributed by atoms with E-state index in [0.717, 1.165) is 47.6 Å². The summed E-state index contributed by atoms with van der Waals surface area (Å²) in [7, 11) is 0. The maximum atomic E-state index is 12.6. The maximum absolute atomic E-state index is 12.6. The number of imidazole rings is 1. The van der Waals surface area contributed by atoms with E-state index in [1.54, 1.807) is 6.20 Å². The minimum atomic E-state index is -0.119. The van der Waals surface area contributed by atoms with Gasteiger partial charge in [-0.25, -0.2) is 9.97 Å². The summed E-state index contributed by atoms with van der Waals surface area (Å²) < 4.78 is 2.01. The second-order valence-corrected chi connectivity index (χ2v) is 8.12. The highest BCUT2D eigenvalue weighted by atomic mass is 16.2. The molecule has 2 aromatic carbocycles. The second-order valence-electron chi connectivity index (χ2n) is 8.12. The lowest BCUT2D eigenvalue weighted by molar-refractivity contribution is -0.127. The van der Waals surface area contributed by atoms with Crippen molar-refractivity contribution in [1.29, 1.82) is 0 Å². The fourth-order valence-corrected chi connectivity index (χ4v) is 4.21. The molecule has 1 saturated heterocycles. The Labute approximate surface area is 192 Å². The predicted octanol–water partition coefficient (Wildman–Crippen LogP) is 3.83. The molecule has 1 aliphatic rings. The number of hydrogen-bond donors (Lipinski definition) is 1. The number of pyridine rings is 1. The van der Waals surface area contributed by atoms with Crippen molar-refractivity contribution >= 4 is 23.0 Å². The molecule has 3 heterocycles. The number of aromatic nitrogens is 3. The highest BCUT2D eigenvalue weighted by molar-refractivity contribution is 5.94. The van der Waals surface area contributed by atoms with E-state index < -0.39 is 0 Å². The van der Waals surface area contributed by atoms with Crippen molar-refractivity contribution < 1.29 is 9.59 Å². The molecule has 0 aliphatic carbocycles. The number of hydrogen-bond acceptors (Lipinski definition) is 4. The molecule has 1 fully saturated rings. The summed E-state index contributed by atoms with van der Waals surface area (Å²) in [6.07, 6.45) is 4.09. The van der Waals surface area contributed by atoms with E-state index in [9.17, 15) is 9.59 Å². The molecule has 166 valence electrons. The predicted molar refractivity (Wildman–Crippen MR) is 127 cm³/mol. The van der Waals surface area contributed by atoms with Gasteiger partial charge in [0.1, 0.15) is 11.3 Å². The van der Waals surface area contributed by atoms with Crippen LogP contribution in [0.4, 0.5) is 0 Å². The van der Waals surface area contributed by atoms with Crippen molar-refractivity contribution in [3.05, 3.63) is 78.5 Å². The van der Waals surface area contributed by atoms with Crippen LogP contribution < -0.4 is 5.32 Å². The highest BCUT2D eigenvalue weighted by Crippen LogP contribution is 2.27. The molecular formula is C26H25N5O2. The third-order valence-electron chi connectivity index (χ3n) is 5.90. The monoisotopic (exact) mass is 439 g/mol. The number of carbonyl (C=O) groups excluding carboxylic acids is 2. The molecule has 0 bridgehead atoms. The number of carbonyl (C=O) groups is 2. The van der Waals surface area contributed by atoms with Crippen LogP contribution in [0.5, 0.6) is 0 Å². The zero-order valence-corrected chi connectivity index (χ0v) is 18.3. The Balaban J connectivity index is 1.32. The van der Waals surface area contributed by atoms with Gasteiger partial charge < -0.3 is 10.2 Å². The van der Waals surface area contributed by atoms with Crippen molar-refractivity contribution in [2.45, 2.75) is 19.3 Å². The number of fused-ring (bicyclic) bond motifs is 1. The average Bonchev–Trinajstić information content (AvgIpc) is 3.45. The van der Waals surface area contributed by atoms with E-state index in [4.69, 9.17) is 4.98 Å². The van der Waals surface area contributed by atoms with Crippen LogP contribution in [-0.4, -0.2) is 50.9 Å². The molecule has 7 heteroatoms. The first-order valence-electron chi connectivity index (χ1n) is 11.3. The van der Waals surface area contributed by atoms with Crippen molar-refractivity contribution in [1.82, 2.24) is 24.8 Å². The molecule has 0 unspecified atom stereocenters. The van der Waals surface area contributed by atoms with E-state index in [1.807, 2.05) is 76.2 Å². The van der Waals surface area contributed by atoms with Gasteiger partial charge in [-0.1, -0.05) is 30.3 Å². The summed E-state index contributed by atoms with van der Waals surface area (Å²) in [6.45, 7) is 2.07. The van der Waals surface area contributed by atoms with Crippen LogP contribution in [0.2, 0.25) is 0 Å². The van der Waals surface area contributed by atoms with Gasteiger partial charge in [-0.15, -0.1) is 0 Å². The molecule has 0 radical (unpaired) electrons. The topological polar surface area (TPSA) is 80.1 Å². The Bertz CT molecular complexity index is 1280. The van der Waals surface area contributed by atoms with E-state index in [-0.39, 0.29) is 11.8 Å². The molecule has 1 aliphatic heterocycles. The molecule has 0 spiro atoms. The maximum Gasteiger partial charge on any atom is 0.251 e. The normalized spacial score (nSPS) is 13.6. The number of rotatable bonds is 7. The first kappa shape index (κ1) is 20.9. The molecule has 5 rings (SSSR count). The molecule has 2 aromatic heterocycles. The lowest BCUT2D eigenvalue weighted by Gasteiger charge is -2.15. The van der Waals surface area contributed by atoms with Crippen LogP contribution in [0.15, 0.2) is 72.9 Å². The summed E-state index contributed by atoms with van der Waals surface area (Å²) in [4.78, 5) is 35.5. The Morgan fingerprint density at radius 1 is 1.00 bits per heavy atom. The van der Waals surface area contributed by atoms with Gasteiger partial charge >= 0.3 is 0 Å². The fraction of sp³-hybridized carbons (Fsp3) is 0.231. The fourth-order valence-electron chi connectivity index (χ4n) is 4.21. The quantitative estimate of drug-likeness (QED) is 0.444. The van der Waals surface area contributed by atoms with Crippen molar-refractivity contribution in [3.63, 3.8) is 0 Å². The summed E-state index contributed by atoms with van der Waals surface area (Å²) >= 11 is 0. The number of nitrogens with zero attached hydrogens (tertiary/aromatic N) is 4. The minimum absolute atomic E-state index is 0.119. The van der Waals surface area contributed by atoms with Gasteiger partial charge in [0.2, 0.25) is 5.91 Å². The number of amides is 2. The third-order valence-corrected chi connectivity index (χ3v) is 5.90. The van der Waals surface area contributed by atoms with Gasteiger partial charge in [-0.3, -0.25) is 14.2 Å². The van der Waals surface area contributed by atoms with Gasteiger partial charge in [0, 0.05) is 49.1 Å². The van der Waals surface area contributed by atoms with Gasteiger partial charge in [-0.2, -0.15) is 0 Å². The van der Waals surface area contributed by atoms with Gasteiger partial charge in [0.05, 0.1) is 0 Å². The highest BCUT2D eigenvalue weighted by Gasteiger charge is 2.19. The van der Waals surface area contributed by atoms with E-state index >= 15 is 0 Å². The van der Waals surface area contributed by atoms with Crippen LogP contribution in [0.25, 0.3) is 28.2 Å². The molecule has 0 atom stereocenters. The van der Waals surface area contributed by atoms with Crippen LogP contribution in [0.1, 0.15) is 29.6 Å². The van der Waals surface area contributed by atoms with Crippen molar-refractivity contribution in [3.8, 4) is 17.1 Å². The lowest BCUT2D eigenvalue weighted by Crippen LogP contribution is -2.30. The first-order chi connectivity index (χ1) is 16.2. The lowest BCUT2D eigenvalue weighted by atomic mass is 10.1. The van der Waals surface area contributed by atoms with E-state index in [0.29, 0.717) is 25.1 Å². The minimum Gasteiger partial charge on any atom is -0.352 e. The standard InChI is InChI=1S/C26H25N5O2/c32-23-10-5-17-30(23)18-6-16-28-26(33)20-11-13-21(14-12-20)31-24(19-7-2-1-3-8-19)29-22-9-4-15-27-25(22)31/h1-4,7-9,11-15H,5-6,10,16-18H2,(H,28,33). The van der Waals surface area contributed by atoms with Gasteiger partial charge in [0.15, 0.2) is 5.65 Å². The Morgan fingerprint density at radius 3 is 2.58 bits per heavy atom. The molecule has 7 nitrogen and oxygen atoms in total. The van der Waals surface area contributed by atoms with Crippen LogP contribution >= 0.6 is 0 Å². The van der Waals surface area contributed by atoms with E-state index in [2.05, 4.69) is 10.3 Å². The Hall–Kier alpha value is -4.00. The zero-order valence-electron chi connectivity index (χ0n) is 18.3. The average molecular weight is 440 g/mol. The van der Waals surface area contributed by atoms with Gasteiger partial charge in [-0.05, 0) is 49.2 Å². The first-order valence-corrected chi connectivity index (χ1v) is 11.3. The van der Waals surface area contributed by atoms with Crippen LogP contribution in [-0.2, 0) is 4.79 Å². The largest absolute Gasteiger partial charge is 0.352 e.